The lowest BCUT2D eigenvalue weighted by atomic mass is 10.1. The van der Waals surface area contributed by atoms with Gasteiger partial charge in [-0.25, -0.2) is 5.43 Å². The van der Waals surface area contributed by atoms with Crippen molar-refractivity contribution in [3.8, 4) is 0 Å². The summed E-state index contributed by atoms with van der Waals surface area (Å²) in [5, 5.41) is 8.85. The summed E-state index contributed by atoms with van der Waals surface area (Å²) in [7, 11) is 0. The predicted molar refractivity (Wildman–Crippen MR) is 99.8 cm³/mol. The summed E-state index contributed by atoms with van der Waals surface area (Å²) in [6.45, 7) is 0. The van der Waals surface area contributed by atoms with Crippen LogP contribution >= 0.6 is 11.6 Å². The van der Waals surface area contributed by atoms with Crippen molar-refractivity contribution in [3.63, 3.8) is 0 Å². The molecule has 0 aliphatic heterocycles. The highest BCUT2D eigenvalue weighted by Crippen LogP contribution is 2.17. The lowest BCUT2D eigenvalue weighted by Gasteiger charge is -2.04. The second-order valence-corrected chi connectivity index (χ2v) is 5.67. The molecule has 5 nitrogen and oxygen atoms in total. The van der Waals surface area contributed by atoms with E-state index in [0.717, 1.165) is 16.3 Å². The molecule has 2 N–H and O–H groups in total. The number of nitrogens with one attached hydrogen (secondary N) is 2. The van der Waals surface area contributed by atoms with E-state index in [1.807, 2.05) is 42.5 Å². The summed E-state index contributed by atoms with van der Waals surface area (Å²) in [6.07, 6.45) is 1.51. The van der Waals surface area contributed by atoms with E-state index in [1.54, 1.807) is 24.3 Å². The highest BCUT2D eigenvalue weighted by molar-refractivity contribution is 6.39. The van der Waals surface area contributed by atoms with Crippen molar-refractivity contribution >= 4 is 46.1 Å². The Morgan fingerprint density at radius 3 is 2.52 bits per heavy atom. The van der Waals surface area contributed by atoms with E-state index in [1.165, 1.54) is 6.21 Å². The van der Waals surface area contributed by atoms with E-state index in [9.17, 15) is 9.59 Å². The summed E-state index contributed by atoms with van der Waals surface area (Å²) >= 11 is 5.83. The number of halogens is 1. The number of hydrogen-bond acceptors (Lipinski definition) is 3. The zero-order valence-electron chi connectivity index (χ0n) is 13.1. The average molecular weight is 352 g/mol. The van der Waals surface area contributed by atoms with Crippen molar-refractivity contribution < 1.29 is 9.59 Å². The van der Waals surface area contributed by atoms with Crippen LogP contribution < -0.4 is 10.7 Å². The minimum Gasteiger partial charge on any atom is -0.318 e. The molecular formula is C19H14ClN3O2. The predicted octanol–water partition coefficient (Wildman–Crippen LogP) is 3.58. The van der Waals surface area contributed by atoms with Crippen molar-refractivity contribution in [1.29, 1.82) is 0 Å². The van der Waals surface area contributed by atoms with E-state index in [2.05, 4.69) is 15.8 Å². The summed E-state index contributed by atoms with van der Waals surface area (Å²) < 4.78 is 0. The van der Waals surface area contributed by atoms with Crippen LogP contribution in [0.15, 0.2) is 71.8 Å². The van der Waals surface area contributed by atoms with Crippen LogP contribution in [0.1, 0.15) is 5.56 Å². The Morgan fingerprint density at radius 2 is 1.68 bits per heavy atom. The monoisotopic (exact) mass is 351 g/mol. The highest BCUT2D eigenvalue weighted by atomic mass is 35.5. The topological polar surface area (TPSA) is 70.6 Å². The van der Waals surface area contributed by atoms with E-state index in [-0.39, 0.29) is 0 Å². The first-order chi connectivity index (χ1) is 12.1. The van der Waals surface area contributed by atoms with E-state index in [0.29, 0.717) is 10.7 Å². The Hall–Kier alpha value is -3.18. The maximum Gasteiger partial charge on any atom is 0.329 e. The first-order valence-electron chi connectivity index (χ1n) is 7.51. The van der Waals surface area contributed by atoms with Gasteiger partial charge in [0.1, 0.15) is 0 Å². The van der Waals surface area contributed by atoms with E-state index >= 15 is 0 Å². The summed E-state index contributed by atoms with van der Waals surface area (Å²) in [4.78, 5) is 23.7. The summed E-state index contributed by atoms with van der Waals surface area (Å²) in [5.41, 5.74) is 3.49. The molecule has 0 spiro atoms. The van der Waals surface area contributed by atoms with Gasteiger partial charge in [0.15, 0.2) is 0 Å². The van der Waals surface area contributed by atoms with Crippen LogP contribution in [0.2, 0.25) is 5.02 Å². The fraction of sp³-hybridized carbons (Fsp3) is 0. The quantitative estimate of drug-likeness (QED) is 0.430. The molecule has 0 fully saturated rings. The van der Waals surface area contributed by atoms with Gasteiger partial charge in [0.25, 0.3) is 0 Å². The Labute approximate surface area is 149 Å². The molecule has 0 aromatic heterocycles. The number of nitrogens with zero attached hydrogens (tertiary/aromatic N) is 1. The normalized spacial score (nSPS) is 10.8. The van der Waals surface area contributed by atoms with Gasteiger partial charge in [-0.05, 0) is 29.0 Å². The number of fused-ring (bicyclic) bond motifs is 1. The van der Waals surface area contributed by atoms with Gasteiger partial charge in [-0.2, -0.15) is 5.10 Å². The third kappa shape index (κ3) is 4.22. The number of amides is 2. The molecule has 0 bridgehead atoms. The molecular weight excluding hydrogens is 338 g/mol. The molecule has 3 rings (SSSR count). The van der Waals surface area contributed by atoms with Crippen molar-refractivity contribution in [2.75, 3.05) is 5.32 Å². The molecule has 0 aliphatic carbocycles. The minimum absolute atomic E-state index is 0.436. The van der Waals surface area contributed by atoms with Crippen LogP contribution in [0.25, 0.3) is 10.8 Å². The molecule has 0 saturated carbocycles. The number of anilines is 1. The molecule has 2 amide bonds. The molecule has 3 aromatic rings. The maximum atomic E-state index is 11.8. The first kappa shape index (κ1) is 16.7. The van der Waals surface area contributed by atoms with Gasteiger partial charge in [-0.15, -0.1) is 0 Å². The largest absolute Gasteiger partial charge is 0.329 e. The fourth-order valence-electron chi connectivity index (χ4n) is 2.33. The van der Waals surface area contributed by atoms with Gasteiger partial charge in [-0.1, -0.05) is 60.1 Å². The van der Waals surface area contributed by atoms with Crippen LogP contribution in [0.3, 0.4) is 0 Å². The number of hydrogen-bond donors (Lipinski definition) is 2. The number of carbonyl (C=O) groups is 2. The van der Waals surface area contributed by atoms with Crippen LogP contribution in [-0.2, 0) is 9.59 Å². The molecule has 0 atom stereocenters. The van der Waals surface area contributed by atoms with Gasteiger partial charge in [0, 0.05) is 16.3 Å². The van der Waals surface area contributed by atoms with Crippen LogP contribution in [0.5, 0.6) is 0 Å². The SMILES string of the molecule is O=C(NN=Cc1cccc2ccccc12)C(=O)Nc1cccc(Cl)c1. The molecule has 0 unspecified atom stereocenters. The highest BCUT2D eigenvalue weighted by Gasteiger charge is 2.12. The van der Waals surface area contributed by atoms with Gasteiger partial charge in [0.2, 0.25) is 0 Å². The number of hydrazone groups is 1. The van der Waals surface area contributed by atoms with Crippen molar-refractivity contribution in [3.05, 3.63) is 77.3 Å². The lowest BCUT2D eigenvalue weighted by molar-refractivity contribution is -0.136. The smallest absolute Gasteiger partial charge is 0.318 e. The minimum atomic E-state index is -0.864. The molecule has 0 heterocycles. The molecule has 124 valence electrons. The van der Waals surface area contributed by atoms with Crippen LogP contribution in [0, 0.1) is 0 Å². The molecule has 0 saturated heterocycles. The molecule has 3 aromatic carbocycles. The maximum absolute atomic E-state index is 11.8. The van der Waals surface area contributed by atoms with E-state index in [4.69, 9.17) is 11.6 Å². The van der Waals surface area contributed by atoms with Gasteiger partial charge >= 0.3 is 11.8 Å². The second-order valence-electron chi connectivity index (χ2n) is 5.23. The lowest BCUT2D eigenvalue weighted by Crippen LogP contribution is -2.32. The van der Waals surface area contributed by atoms with Crippen LogP contribution in [0.4, 0.5) is 5.69 Å². The zero-order valence-corrected chi connectivity index (χ0v) is 13.8. The van der Waals surface area contributed by atoms with Crippen molar-refractivity contribution in [2.45, 2.75) is 0 Å². The Bertz CT molecular complexity index is 964. The number of rotatable bonds is 3. The van der Waals surface area contributed by atoms with E-state index < -0.39 is 11.8 Å². The number of benzene rings is 3. The average Bonchev–Trinajstić information content (AvgIpc) is 2.62. The standard InChI is InChI=1S/C19H14ClN3O2/c20-15-8-4-9-16(11-15)22-18(24)19(25)23-21-12-14-7-3-6-13-5-1-2-10-17(13)14/h1-12H,(H,22,24)(H,23,25). The molecule has 0 aliphatic rings. The second kappa shape index (κ2) is 7.59. The Morgan fingerprint density at radius 1 is 0.920 bits per heavy atom. The third-order valence-corrected chi connectivity index (χ3v) is 3.72. The first-order valence-corrected chi connectivity index (χ1v) is 7.89. The Kier molecular flexibility index (Phi) is 5.06. The molecule has 6 heteroatoms. The van der Waals surface area contributed by atoms with Gasteiger partial charge < -0.3 is 5.32 Å². The Balaban J connectivity index is 1.65. The van der Waals surface area contributed by atoms with Crippen molar-refractivity contribution in [2.24, 2.45) is 5.10 Å². The number of carbonyl (C=O) groups excluding carboxylic acids is 2. The van der Waals surface area contributed by atoms with Gasteiger partial charge in [-0.3, -0.25) is 9.59 Å². The fourth-order valence-corrected chi connectivity index (χ4v) is 2.52. The van der Waals surface area contributed by atoms with Crippen LogP contribution in [-0.4, -0.2) is 18.0 Å². The molecule has 25 heavy (non-hydrogen) atoms. The third-order valence-electron chi connectivity index (χ3n) is 3.48. The van der Waals surface area contributed by atoms with Gasteiger partial charge in [0.05, 0.1) is 6.21 Å². The summed E-state index contributed by atoms with van der Waals surface area (Å²) in [6, 6.07) is 20.1. The zero-order chi connectivity index (χ0) is 17.6. The summed E-state index contributed by atoms with van der Waals surface area (Å²) in [5.74, 6) is -1.69. The molecule has 0 radical (unpaired) electrons. The van der Waals surface area contributed by atoms with Crippen molar-refractivity contribution in [1.82, 2.24) is 5.43 Å².